The molecule has 0 saturated heterocycles. The fourth-order valence-electron chi connectivity index (χ4n) is 1.59. The standard InChI is InChI=1S/C15H24N2O3S/c1-11-6-7-13(10-12(11)2)21(19,20)17-9-8-16-14(18)15(3,4)5/h6-7,10,17H,8-9H2,1-5H3,(H,16,18). The highest BCUT2D eigenvalue weighted by Crippen LogP contribution is 2.14. The summed E-state index contributed by atoms with van der Waals surface area (Å²) < 4.78 is 26.7. The van der Waals surface area contributed by atoms with Crippen molar-refractivity contribution in [1.29, 1.82) is 0 Å². The molecule has 0 radical (unpaired) electrons. The van der Waals surface area contributed by atoms with Gasteiger partial charge in [0.25, 0.3) is 0 Å². The Morgan fingerprint density at radius 2 is 1.71 bits per heavy atom. The molecule has 0 saturated carbocycles. The SMILES string of the molecule is Cc1ccc(S(=O)(=O)NCCNC(=O)C(C)(C)C)cc1C. The van der Waals surface area contributed by atoms with Crippen LogP contribution in [0.5, 0.6) is 0 Å². The maximum Gasteiger partial charge on any atom is 0.240 e. The number of amides is 1. The molecule has 2 N–H and O–H groups in total. The van der Waals surface area contributed by atoms with Crippen LogP contribution in [0, 0.1) is 19.3 Å². The Morgan fingerprint density at radius 1 is 1.10 bits per heavy atom. The Hall–Kier alpha value is -1.40. The van der Waals surface area contributed by atoms with Crippen LogP contribution in [0.4, 0.5) is 0 Å². The molecular formula is C15H24N2O3S. The molecule has 0 aliphatic rings. The molecule has 0 aliphatic carbocycles. The van der Waals surface area contributed by atoms with Gasteiger partial charge in [-0.1, -0.05) is 26.8 Å². The normalized spacial score (nSPS) is 12.2. The van der Waals surface area contributed by atoms with Crippen LogP contribution < -0.4 is 10.0 Å². The number of sulfonamides is 1. The molecule has 1 rings (SSSR count). The summed E-state index contributed by atoms with van der Waals surface area (Å²) in [7, 11) is -3.53. The third-order valence-corrected chi connectivity index (χ3v) is 4.63. The van der Waals surface area contributed by atoms with Gasteiger partial charge < -0.3 is 5.32 Å². The predicted octanol–water partition coefficient (Wildman–Crippen LogP) is 1.74. The summed E-state index contributed by atoms with van der Waals surface area (Å²) in [5, 5.41) is 2.70. The molecular weight excluding hydrogens is 288 g/mol. The summed E-state index contributed by atoms with van der Waals surface area (Å²) in [4.78, 5) is 11.9. The zero-order valence-electron chi connectivity index (χ0n) is 13.3. The van der Waals surface area contributed by atoms with Gasteiger partial charge in [-0.3, -0.25) is 4.79 Å². The van der Waals surface area contributed by atoms with Gasteiger partial charge in [0.15, 0.2) is 0 Å². The van der Waals surface area contributed by atoms with Crippen LogP contribution in [0.1, 0.15) is 31.9 Å². The first-order valence-electron chi connectivity index (χ1n) is 6.89. The summed E-state index contributed by atoms with van der Waals surface area (Å²) in [6.07, 6.45) is 0. The van der Waals surface area contributed by atoms with Crippen molar-refractivity contribution in [2.75, 3.05) is 13.1 Å². The summed E-state index contributed by atoms with van der Waals surface area (Å²) in [5.41, 5.74) is 1.50. The lowest BCUT2D eigenvalue weighted by atomic mass is 9.96. The van der Waals surface area contributed by atoms with Gasteiger partial charge in [-0.25, -0.2) is 13.1 Å². The van der Waals surface area contributed by atoms with Gasteiger partial charge in [0.1, 0.15) is 0 Å². The Balaban J connectivity index is 2.58. The van der Waals surface area contributed by atoms with E-state index in [0.717, 1.165) is 11.1 Å². The maximum atomic E-state index is 12.1. The Labute approximate surface area is 127 Å². The molecule has 5 nitrogen and oxygen atoms in total. The lowest BCUT2D eigenvalue weighted by Gasteiger charge is -2.17. The Kier molecular flexibility index (Phi) is 5.53. The van der Waals surface area contributed by atoms with E-state index in [2.05, 4.69) is 10.0 Å². The van der Waals surface area contributed by atoms with Crippen LogP contribution in [0.3, 0.4) is 0 Å². The Bertz CT molecular complexity index is 616. The lowest BCUT2D eigenvalue weighted by molar-refractivity contribution is -0.128. The average Bonchev–Trinajstić information content (AvgIpc) is 2.36. The highest BCUT2D eigenvalue weighted by Gasteiger charge is 2.20. The first-order chi connectivity index (χ1) is 9.54. The number of nitrogens with one attached hydrogen (secondary N) is 2. The molecule has 0 bridgehead atoms. The van der Waals surface area contributed by atoms with Gasteiger partial charge in [-0.2, -0.15) is 0 Å². The molecule has 1 amide bonds. The lowest BCUT2D eigenvalue weighted by Crippen LogP contribution is -2.39. The zero-order chi connectivity index (χ0) is 16.3. The monoisotopic (exact) mass is 312 g/mol. The van der Waals surface area contributed by atoms with Crippen LogP contribution in [0.15, 0.2) is 23.1 Å². The van der Waals surface area contributed by atoms with Crippen LogP contribution in [-0.2, 0) is 14.8 Å². The first kappa shape index (κ1) is 17.7. The van der Waals surface area contributed by atoms with Crippen molar-refractivity contribution in [2.45, 2.75) is 39.5 Å². The summed E-state index contributed by atoms with van der Waals surface area (Å²) in [6.45, 7) is 9.65. The van der Waals surface area contributed by atoms with Gasteiger partial charge in [0.05, 0.1) is 4.90 Å². The minimum atomic E-state index is -3.53. The third-order valence-electron chi connectivity index (χ3n) is 3.17. The minimum Gasteiger partial charge on any atom is -0.354 e. The molecule has 1 aromatic rings. The van der Waals surface area contributed by atoms with Crippen molar-refractivity contribution in [3.05, 3.63) is 29.3 Å². The number of carbonyl (C=O) groups excluding carboxylic acids is 1. The molecule has 0 aromatic heterocycles. The summed E-state index contributed by atoms with van der Waals surface area (Å²) in [5.74, 6) is -0.104. The highest BCUT2D eigenvalue weighted by molar-refractivity contribution is 7.89. The average molecular weight is 312 g/mol. The topological polar surface area (TPSA) is 75.3 Å². The third kappa shape index (κ3) is 5.13. The summed E-state index contributed by atoms with van der Waals surface area (Å²) in [6, 6.07) is 5.01. The van der Waals surface area contributed by atoms with Gasteiger partial charge in [0.2, 0.25) is 15.9 Å². The van der Waals surface area contributed by atoms with E-state index >= 15 is 0 Å². The van der Waals surface area contributed by atoms with E-state index in [1.165, 1.54) is 0 Å². The number of carbonyl (C=O) groups is 1. The molecule has 0 unspecified atom stereocenters. The van der Waals surface area contributed by atoms with Gasteiger partial charge in [0, 0.05) is 18.5 Å². The molecule has 0 atom stereocenters. The van der Waals surface area contributed by atoms with Gasteiger partial charge in [-0.15, -0.1) is 0 Å². The van der Waals surface area contributed by atoms with Crippen LogP contribution >= 0.6 is 0 Å². The van der Waals surface area contributed by atoms with Crippen molar-refractivity contribution >= 4 is 15.9 Å². The minimum absolute atomic E-state index is 0.104. The predicted molar refractivity (Wildman–Crippen MR) is 83.6 cm³/mol. The fraction of sp³-hybridized carbons (Fsp3) is 0.533. The van der Waals surface area contributed by atoms with Gasteiger partial charge >= 0.3 is 0 Å². The van der Waals surface area contributed by atoms with Crippen molar-refractivity contribution in [3.63, 3.8) is 0 Å². The van der Waals surface area contributed by atoms with E-state index in [1.54, 1.807) is 18.2 Å². The summed E-state index contributed by atoms with van der Waals surface area (Å²) >= 11 is 0. The molecule has 21 heavy (non-hydrogen) atoms. The second-order valence-corrected chi connectivity index (χ2v) is 7.92. The van der Waals surface area contributed by atoms with Crippen LogP contribution in [-0.4, -0.2) is 27.4 Å². The van der Waals surface area contributed by atoms with Crippen molar-refractivity contribution in [2.24, 2.45) is 5.41 Å². The number of hydrogen-bond acceptors (Lipinski definition) is 3. The second kappa shape index (κ2) is 6.58. The van der Waals surface area contributed by atoms with E-state index in [1.807, 2.05) is 34.6 Å². The van der Waals surface area contributed by atoms with Crippen molar-refractivity contribution < 1.29 is 13.2 Å². The van der Waals surface area contributed by atoms with E-state index in [9.17, 15) is 13.2 Å². The molecule has 0 aliphatic heterocycles. The number of benzene rings is 1. The van der Waals surface area contributed by atoms with Crippen LogP contribution in [0.2, 0.25) is 0 Å². The van der Waals surface area contributed by atoms with Crippen LogP contribution in [0.25, 0.3) is 0 Å². The highest BCUT2D eigenvalue weighted by atomic mass is 32.2. The number of hydrogen-bond donors (Lipinski definition) is 2. The maximum absolute atomic E-state index is 12.1. The number of aryl methyl sites for hydroxylation is 2. The largest absolute Gasteiger partial charge is 0.354 e. The molecule has 118 valence electrons. The molecule has 1 aromatic carbocycles. The van der Waals surface area contributed by atoms with Crippen molar-refractivity contribution in [1.82, 2.24) is 10.0 Å². The molecule has 0 heterocycles. The smallest absolute Gasteiger partial charge is 0.240 e. The first-order valence-corrected chi connectivity index (χ1v) is 8.37. The van der Waals surface area contributed by atoms with E-state index in [-0.39, 0.29) is 23.9 Å². The molecule has 0 fully saturated rings. The quantitative estimate of drug-likeness (QED) is 0.813. The van der Waals surface area contributed by atoms with E-state index < -0.39 is 15.4 Å². The zero-order valence-corrected chi connectivity index (χ0v) is 14.1. The fourth-order valence-corrected chi connectivity index (χ4v) is 2.71. The number of rotatable bonds is 5. The van der Waals surface area contributed by atoms with Gasteiger partial charge in [-0.05, 0) is 37.1 Å². The molecule has 0 spiro atoms. The van der Waals surface area contributed by atoms with E-state index in [0.29, 0.717) is 0 Å². The van der Waals surface area contributed by atoms with E-state index in [4.69, 9.17) is 0 Å². The second-order valence-electron chi connectivity index (χ2n) is 6.15. The molecule has 6 heteroatoms. The Morgan fingerprint density at radius 3 is 2.24 bits per heavy atom. The van der Waals surface area contributed by atoms with Crippen molar-refractivity contribution in [3.8, 4) is 0 Å².